The third-order valence-electron chi connectivity index (χ3n) is 3.07. The highest BCUT2D eigenvalue weighted by Gasteiger charge is 2.23. The van der Waals surface area contributed by atoms with Crippen LogP contribution in [-0.4, -0.2) is 14.5 Å². The fourth-order valence-corrected chi connectivity index (χ4v) is 3.88. The van der Waals surface area contributed by atoms with E-state index in [4.69, 9.17) is 17.3 Å². The van der Waals surface area contributed by atoms with E-state index in [0.717, 1.165) is 12.0 Å². The first-order chi connectivity index (χ1) is 8.81. The van der Waals surface area contributed by atoms with Gasteiger partial charge in [-0.2, -0.15) is 0 Å². The van der Waals surface area contributed by atoms with Gasteiger partial charge in [-0.25, -0.2) is 13.1 Å². The van der Waals surface area contributed by atoms with Gasteiger partial charge in [-0.05, 0) is 30.0 Å². The number of benzene rings is 1. The number of nitrogens with one attached hydrogen (secondary N) is 1. The molecule has 0 radical (unpaired) electrons. The van der Waals surface area contributed by atoms with Gasteiger partial charge >= 0.3 is 0 Å². The second kappa shape index (κ2) is 6.70. The fourth-order valence-electron chi connectivity index (χ4n) is 1.84. The molecule has 108 valence electrons. The van der Waals surface area contributed by atoms with Crippen LogP contribution < -0.4 is 10.5 Å². The van der Waals surface area contributed by atoms with Crippen molar-refractivity contribution >= 4 is 21.6 Å². The molecule has 0 aliphatic heterocycles. The molecule has 4 nitrogen and oxygen atoms in total. The van der Waals surface area contributed by atoms with Crippen molar-refractivity contribution < 1.29 is 8.42 Å². The van der Waals surface area contributed by atoms with E-state index in [1.165, 1.54) is 6.07 Å². The molecule has 0 fully saturated rings. The Kier molecular flexibility index (Phi) is 5.80. The quantitative estimate of drug-likeness (QED) is 0.848. The van der Waals surface area contributed by atoms with Crippen LogP contribution in [0.3, 0.4) is 0 Å². The molecule has 3 N–H and O–H groups in total. The molecule has 0 saturated heterocycles. The van der Waals surface area contributed by atoms with Crippen LogP contribution in [0.1, 0.15) is 32.8 Å². The average molecular weight is 305 g/mol. The molecular formula is C13H21ClN2O2S. The zero-order valence-corrected chi connectivity index (χ0v) is 13.1. The first-order valence-corrected chi connectivity index (χ1v) is 8.18. The number of hydrogen-bond donors (Lipinski definition) is 2. The summed E-state index contributed by atoms with van der Waals surface area (Å²) in [6.45, 7) is 6.25. The van der Waals surface area contributed by atoms with Gasteiger partial charge in [0.1, 0.15) is 4.90 Å². The van der Waals surface area contributed by atoms with Gasteiger partial charge in [-0.15, -0.1) is 0 Å². The predicted octanol–water partition coefficient (Wildman–Crippen LogP) is 2.51. The van der Waals surface area contributed by atoms with Crippen molar-refractivity contribution in [2.75, 3.05) is 0 Å². The first kappa shape index (κ1) is 16.4. The molecule has 1 atom stereocenters. The zero-order chi connectivity index (χ0) is 14.6. The zero-order valence-electron chi connectivity index (χ0n) is 11.5. The smallest absolute Gasteiger partial charge is 0.242 e. The van der Waals surface area contributed by atoms with Crippen molar-refractivity contribution in [1.82, 2.24) is 4.72 Å². The van der Waals surface area contributed by atoms with Crippen LogP contribution in [0.2, 0.25) is 5.02 Å². The molecule has 0 aliphatic rings. The van der Waals surface area contributed by atoms with E-state index in [2.05, 4.69) is 4.72 Å². The van der Waals surface area contributed by atoms with Crippen LogP contribution in [0.4, 0.5) is 0 Å². The Balaban J connectivity index is 3.07. The molecule has 1 aromatic rings. The summed E-state index contributed by atoms with van der Waals surface area (Å²) < 4.78 is 27.3. The summed E-state index contributed by atoms with van der Waals surface area (Å²) in [4.78, 5) is 0.102. The van der Waals surface area contributed by atoms with Crippen LogP contribution in [0.5, 0.6) is 0 Å². The highest BCUT2D eigenvalue weighted by atomic mass is 35.5. The van der Waals surface area contributed by atoms with Gasteiger partial charge in [-0.3, -0.25) is 0 Å². The Morgan fingerprint density at radius 2 is 2.00 bits per heavy atom. The number of nitrogens with two attached hydrogens (primary N) is 1. The number of halogens is 1. The van der Waals surface area contributed by atoms with E-state index in [1.807, 2.05) is 20.8 Å². The van der Waals surface area contributed by atoms with E-state index in [-0.39, 0.29) is 21.9 Å². The Hall–Kier alpha value is -0.620. The third kappa shape index (κ3) is 4.18. The molecule has 0 aromatic heterocycles. The molecule has 0 bridgehead atoms. The molecule has 0 spiro atoms. The van der Waals surface area contributed by atoms with E-state index < -0.39 is 10.0 Å². The molecule has 19 heavy (non-hydrogen) atoms. The topological polar surface area (TPSA) is 72.2 Å². The Bertz CT molecular complexity index is 529. The van der Waals surface area contributed by atoms with Gasteiger partial charge in [0.15, 0.2) is 0 Å². The summed E-state index contributed by atoms with van der Waals surface area (Å²) in [5.74, 6) is 0.224. The minimum absolute atomic E-state index is 0.102. The molecule has 1 rings (SSSR count). The number of sulfonamides is 1. The van der Waals surface area contributed by atoms with E-state index in [9.17, 15) is 8.42 Å². The van der Waals surface area contributed by atoms with Gasteiger partial charge in [0.2, 0.25) is 10.0 Å². The van der Waals surface area contributed by atoms with Gasteiger partial charge in [0.25, 0.3) is 0 Å². The highest BCUT2D eigenvalue weighted by Crippen LogP contribution is 2.23. The molecule has 1 unspecified atom stereocenters. The minimum Gasteiger partial charge on any atom is -0.326 e. The van der Waals surface area contributed by atoms with Crippen molar-refractivity contribution in [2.24, 2.45) is 11.7 Å². The monoisotopic (exact) mass is 304 g/mol. The maximum absolute atomic E-state index is 12.3. The van der Waals surface area contributed by atoms with Crippen molar-refractivity contribution in [3.8, 4) is 0 Å². The van der Waals surface area contributed by atoms with Crippen molar-refractivity contribution in [3.63, 3.8) is 0 Å². The second-order valence-electron chi connectivity index (χ2n) is 4.85. The van der Waals surface area contributed by atoms with Crippen LogP contribution in [0.25, 0.3) is 0 Å². The van der Waals surface area contributed by atoms with Crippen LogP contribution in [-0.2, 0) is 16.6 Å². The second-order valence-corrected chi connectivity index (χ2v) is 6.94. The molecule has 6 heteroatoms. The highest BCUT2D eigenvalue weighted by molar-refractivity contribution is 7.89. The van der Waals surface area contributed by atoms with E-state index in [1.54, 1.807) is 12.1 Å². The van der Waals surface area contributed by atoms with Gasteiger partial charge in [0.05, 0.1) is 5.02 Å². The molecular weight excluding hydrogens is 284 g/mol. The Labute approximate surface area is 120 Å². The van der Waals surface area contributed by atoms with Crippen molar-refractivity contribution in [1.29, 1.82) is 0 Å². The van der Waals surface area contributed by atoms with Crippen molar-refractivity contribution in [2.45, 2.75) is 44.7 Å². The summed E-state index contributed by atoms with van der Waals surface area (Å²) in [6.07, 6.45) is 0.732. The molecule has 1 aromatic carbocycles. The summed E-state index contributed by atoms with van der Waals surface area (Å²) in [6, 6.07) is 4.67. The van der Waals surface area contributed by atoms with Gasteiger partial charge in [0, 0.05) is 12.6 Å². The summed E-state index contributed by atoms with van der Waals surface area (Å²) in [5, 5.41) is 0.203. The summed E-state index contributed by atoms with van der Waals surface area (Å²) in [5.41, 5.74) is 6.30. The molecule has 0 aliphatic carbocycles. The lowest BCUT2D eigenvalue weighted by molar-refractivity contribution is 0.437. The first-order valence-electron chi connectivity index (χ1n) is 6.32. The van der Waals surface area contributed by atoms with E-state index >= 15 is 0 Å². The Morgan fingerprint density at radius 1 is 1.37 bits per heavy atom. The van der Waals surface area contributed by atoms with Crippen LogP contribution >= 0.6 is 11.6 Å². The van der Waals surface area contributed by atoms with Crippen LogP contribution in [0, 0.1) is 5.92 Å². The SMILES string of the molecule is CCC(NS(=O)(=O)c1ccc(CN)cc1Cl)C(C)C. The Morgan fingerprint density at radius 3 is 2.42 bits per heavy atom. The lowest BCUT2D eigenvalue weighted by Crippen LogP contribution is -2.38. The molecule has 0 heterocycles. The van der Waals surface area contributed by atoms with Crippen molar-refractivity contribution in [3.05, 3.63) is 28.8 Å². The molecule has 0 saturated carbocycles. The van der Waals surface area contributed by atoms with E-state index in [0.29, 0.717) is 6.54 Å². The normalized spacial score (nSPS) is 13.8. The lowest BCUT2D eigenvalue weighted by atomic mass is 10.0. The van der Waals surface area contributed by atoms with Gasteiger partial charge in [-0.1, -0.05) is 38.4 Å². The lowest BCUT2D eigenvalue weighted by Gasteiger charge is -2.21. The minimum atomic E-state index is -3.60. The number of rotatable bonds is 6. The fraction of sp³-hybridized carbons (Fsp3) is 0.538. The van der Waals surface area contributed by atoms with Gasteiger partial charge < -0.3 is 5.73 Å². The summed E-state index contributed by atoms with van der Waals surface area (Å²) in [7, 11) is -3.60. The number of hydrogen-bond acceptors (Lipinski definition) is 3. The standard InChI is InChI=1S/C13H21ClN2O2S/c1-4-12(9(2)3)16-19(17,18)13-6-5-10(8-15)7-11(13)14/h5-7,9,12,16H,4,8,15H2,1-3H3. The molecule has 0 amide bonds. The largest absolute Gasteiger partial charge is 0.326 e. The predicted molar refractivity (Wildman–Crippen MR) is 78.6 cm³/mol. The maximum atomic E-state index is 12.3. The average Bonchev–Trinajstić information content (AvgIpc) is 2.35. The maximum Gasteiger partial charge on any atom is 0.242 e. The van der Waals surface area contributed by atoms with Crippen LogP contribution in [0.15, 0.2) is 23.1 Å². The summed E-state index contributed by atoms with van der Waals surface area (Å²) >= 11 is 6.02. The third-order valence-corrected chi connectivity index (χ3v) is 5.05.